The van der Waals surface area contributed by atoms with Crippen molar-refractivity contribution in [3.05, 3.63) is 36.0 Å². The lowest BCUT2D eigenvalue weighted by molar-refractivity contribution is -0.145. The van der Waals surface area contributed by atoms with Gasteiger partial charge in [0.25, 0.3) is 0 Å². The lowest BCUT2D eigenvalue weighted by atomic mass is 9.81. The number of carbonyl (C=O) groups is 4. The average molecular weight is 425 g/mol. The minimum atomic E-state index is -0.857. The second kappa shape index (κ2) is 8.91. The number of nitrogens with one attached hydrogen (secondary N) is 2. The molecule has 3 atom stereocenters. The Bertz CT molecular complexity index is 990. The van der Waals surface area contributed by atoms with Crippen molar-refractivity contribution in [3.63, 3.8) is 0 Å². The van der Waals surface area contributed by atoms with Crippen molar-refractivity contribution in [2.75, 3.05) is 13.7 Å². The summed E-state index contributed by atoms with van der Waals surface area (Å²) in [6, 6.07) is 6.85. The first-order valence-electron chi connectivity index (χ1n) is 10.8. The number of carbonyl (C=O) groups excluding carboxylic acids is 4. The Balaban J connectivity index is 1.38. The summed E-state index contributed by atoms with van der Waals surface area (Å²) in [4.78, 5) is 54.4. The van der Waals surface area contributed by atoms with Crippen LogP contribution >= 0.6 is 0 Å². The molecule has 1 saturated carbocycles. The zero-order chi connectivity index (χ0) is 22.0. The SMILES string of the molecule is COC(=O)[C@@H](Cc1c[nH]c2ccccc12)NC(=O)CCN1C(=O)[C@H]2CCCC[C@@H]2C1=O. The van der Waals surface area contributed by atoms with E-state index in [1.807, 2.05) is 30.5 Å². The van der Waals surface area contributed by atoms with E-state index in [0.29, 0.717) is 0 Å². The van der Waals surface area contributed by atoms with E-state index >= 15 is 0 Å². The van der Waals surface area contributed by atoms with Crippen LogP contribution in [0.3, 0.4) is 0 Å². The van der Waals surface area contributed by atoms with E-state index in [4.69, 9.17) is 4.74 Å². The van der Waals surface area contributed by atoms with Gasteiger partial charge in [0, 0.05) is 36.5 Å². The number of hydrogen-bond donors (Lipinski definition) is 2. The number of imide groups is 1. The summed E-state index contributed by atoms with van der Waals surface area (Å²) in [5, 5.41) is 3.68. The molecule has 3 amide bonds. The second-order valence-corrected chi connectivity index (χ2v) is 8.28. The summed E-state index contributed by atoms with van der Waals surface area (Å²) in [6.45, 7) is 0.0392. The fourth-order valence-electron chi connectivity index (χ4n) is 4.79. The van der Waals surface area contributed by atoms with Gasteiger partial charge in [-0.15, -0.1) is 0 Å². The van der Waals surface area contributed by atoms with Gasteiger partial charge in [0.15, 0.2) is 0 Å². The molecule has 4 rings (SSSR count). The molecule has 1 aliphatic heterocycles. The van der Waals surface area contributed by atoms with Gasteiger partial charge in [-0.25, -0.2) is 4.79 Å². The third kappa shape index (κ3) is 4.19. The van der Waals surface area contributed by atoms with E-state index in [-0.39, 0.29) is 43.0 Å². The molecule has 31 heavy (non-hydrogen) atoms. The molecule has 1 saturated heterocycles. The van der Waals surface area contributed by atoms with Crippen LogP contribution in [0.1, 0.15) is 37.7 Å². The maximum atomic E-state index is 12.6. The number of benzene rings is 1. The van der Waals surface area contributed by atoms with Crippen molar-refractivity contribution in [2.45, 2.75) is 44.6 Å². The Kier molecular flexibility index (Phi) is 6.06. The third-order valence-electron chi connectivity index (χ3n) is 6.41. The number of aromatic nitrogens is 1. The molecule has 1 aliphatic carbocycles. The fourth-order valence-corrected chi connectivity index (χ4v) is 4.79. The van der Waals surface area contributed by atoms with E-state index < -0.39 is 17.9 Å². The topological polar surface area (TPSA) is 109 Å². The molecule has 0 radical (unpaired) electrons. The zero-order valence-corrected chi connectivity index (χ0v) is 17.6. The Morgan fingerprint density at radius 1 is 1.16 bits per heavy atom. The number of esters is 1. The standard InChI is InChI=1S/C23H27N3O5/c1-31-23(30)19(12-14-13-24-18-9-5-4-6-15(14)18)25-20(27)10-11-26-21(28)16-7-2-3-8-17(16)22(26)29/h4-6,9,13,16-17,19,24H,2-3,7-8,10-12H2,1H3,(H,25,27)/t16-,17-,19+/m0/s1. The lowest BCUT2D eigenvalue weighted by Crippen LogP contribution is -2.44. The van der Waals surface area contributed by atoms with Gasteiger partial charge >= 0.3 is 5.97 Å². The smallest absolute Gasteiger partial charge is 0.328 e. The van der Waals surface area contributed by atoms with Gasteiger partial charge in [-0.2, -0.15) is 0 Å². The first-order chi connectivity index (χ1) is 15.0. The highest BCUT2D eigenvalue weighted by molar-refractivity contribution is 6.05. The molecule has 164 valence electrons. The molecule has 0 spiro atoms. The predicted molar refractivity (Wildman–Crippen MR) is 113 cm³/mol. The number of para-hydroxylation sites is 1. The number of amides is 3. The summed E-state index contributed by atoms with van der Waals surface area (Å²) < 4.78 is 4.87. The van der Waals surface area contributed by atoms with E-state index in [1.165, 1.54) is 12.0 Å². The molecule has 2 aliphatic rings. The van der Waals surface area contributed by atoms with Crippen molar-refractivity contribution in [3.8, 4) is 0 Å². The van der Waals surface area contributed by atoms with E-state index in [1.54, 1.807) is 0 Å². The summed E-state index contributed by atoms with van der Waals surface area (Å²) in [5.74, 6) is -1.72. The number of rotatable bonds is 7. The van der Waals surface area contributed by atoms with Crippen molar-refractivity contribution < 1.29 is 23.9 Å². The van der Waals surface area contributed by atoms with Crippen LogP contribution in [-0.2, 0) is 30.3 Å². The summed E-state index contributed by atoms with van der Waals surface area (Å²) >= 11 is 0. The lowest BCUT2D eigenvalue weighted by Gasteiger charge is -2.19. The van der Waals surface area contributed by atoms with Gasteiger partial charge in [-0.3, -0.25) is 19.3 Å². The molecular weight excluding hydrogens is 398 g/mol. The predicted octanol–water partition coefficient (Wildman–Crippen LogP) is 1.93. The van der Waals surface area contributed by atoms with Gasteiger partial charge < -0.3 is 15.0 Å². The first kappa shape index (κ1) is 21.1. The number of likely N-dealkylation sites (tertiary alicyclic amines) is 1. The minimum absolute atomic E-state index is 0.0392. The largest absolute Gasteiger partial charge is 0.467 e. The summed E-state index contributed by atoms with van der Waals surface area (Å²) in [6.07, 6.45) is 5.45. The van der Waals surface area contributed by atoms with Gasteiger partial charge in [0.2, 0.25) is 17.7 Å². The Labute approximate surface area is 180 Å². The summed E-state index contributed by atoms with van der Waals surface area (Å²) in [5.41, 5.74) is 1.83. The highest BCUT2D eigenvalue weighted by Gasteiger charge is 2.47. The van der Waals surface area contributed by atoms with Gasteiger partial charge in [-0.1, -0.05) is 31.0 Å². The fraction of sp³-hybridized carbons (Fsp3) is 0.478. The molecule has 2 aromatic rings. The highest BCUT2D eigenvalue weighted by atomic mass is 16.5. The van der Waals surface area contributed by atoms with Gasteiger partial charge in [0.1, 0.15) is 6.04 Å². The van der Waals surface area contributed by atoms with Crippen LogP contribution in [0.25, 0.3) is 10.9 Å². The first-order valence-corrected chi connectivity index (χ1v) is 10.8. The van der Waals surface area contributed by atoms with Crippen molar-refractivity contribution in [2.24, 2.45) is 11.8 Å². The normalized spacial score (nSPS) is 21.8. The van der Waals surface area contributed by atoms with Crippen LogP contribution in [0.4, 0.5) is 0 Å². The molecule has 8 nitrogen and oxygen atoms in total. The molecule has 1 aromatic heterocycles. The number of ether oxygens (including phenoxy) is 1. The number of nitrogens with zero attached hydrogens (tertiary/aromatic N) is 1. The molecular formula is C23H27N3O5. The van der Waals surface area contributed by atoms with E-state index in [9.17, 15) is 19.2 Å². The van der Waals surface area contributed by atoms with Gasteiger partial charge in [-0.05, 0) is 24.5 Å². The maximum Gasteiger partial charge on any atom is 0.328 e. The number of methoxy groups -OCH3 is 1. The van der Waals surface area contributed by atoms with Crippen LogP contribution in [-0.4, -0.2) is 53.3 Å². The molecule has 0 unspecified atom stereocenters. The van der Waals surface area contributed by atoms with Crippen LogP contribution in [0.5, 0.6) is 0 Å². The maximum absolute atomic E-state index is 12.6. The quantitative estimate of drug-likeness (QED) is 0.521. The molecule has 0 bridgehead atoms. The summed E-state index contributed by atoms with van der Waals surface area (Å²) in [7, 11) is 1.28. The van der Waals surface area contributed by atoms with Crippen LogP contribution < -0.4 is 5.32 Å². The Hall–Kier alpha value is -3.16. The van der Waals surface area contributed by atoms with E-state index in [2.05, 4.69) is 10.3 Å². The monoisotopic (exact) mass is 425 g/mol. The molecule has 1 aromatic carbocycles. The average Bonchev–Trinajstić information content (AvgIpc) is 3.30. The third-order valence-corrected chi connectivity index (χ3v) is 6.41. The second-order valence-electron chi connectivity index (χ2n) is 8.28. The van der Waals surface area contributed by atoms with Crippen molar-refractivity contribution >= 4 is 34.6 Å². The van der Waals surface area contributed by atoms with Crippen LogP contribution in [0, 0.1) is 11.8 Å². The zero-order valence-electron chi connectivity index (χ0n) is 17.6. The Morgan fingerprint density at radius 2 is 1.84 bits per heavy atom. The molecule has 2 N–H and O–H groups in total. The van der Waals surface area contributed by atoms with E-state index in [0.717, 1.165) is 42.1 Å². The highest BCUT2D eigenvalue weighted by Crippen LogP contribution is 2.37. The molecule has 2 fully saturated rings. The van der Waals surface area contributed by atoms with Gasteiger partial charge in [0.05, 0.1) is 18.9 Å². The molecule has 8 heteroatoms. The number of aromatic amines is 1. The minimum Gasteiger partial charge on any atom is -0.467 e. The number of fused-ring (bicyclic) bond motifs is 2. The number of H-pyrrole nitrogens is 1. The van der Waals surface area contributed by atoms with Crippen LogP contribution in [0.2, 0.25) is 0 Å². The van der Waals surface area contributed by atoms with Crippen LogP contribution in [0.15, 0.2) is 30.5 Å². The molecule has 2 heterocycles. The Morgan fingerprint density at radius 3 is 2.52 bits per heavy atom. The van der Waals surface area contributed by atoms with Crippen molar-refractivity contribution in [1.29, 1.82) is 0 Å². The van der Waals surface area contributed by atoms with Crippen molar-refractivity contribution in [1.82, 2.24) is 15.2 Å². The number of hydrogen-bond acceptors (Lipinski definition) is 5.